The molecule has 0 saturated heterocycles. The van der Waals surface area contributed by atoms with E-state index in [0.717, 1.165) is 30.3 Å². The molecule has 0 spiro atoms. The van der Waals surface area contributed by atoms with Crippen LogP contribution >= 0.6 is 11.6 Å². The molecule has 0 aliphatic carbocycles. The lowest BCUT2D eigenvalue weighted by molar-refractivity contribution is -0.385. The zero-order chi connectivity index (χ0) is 19.5. The van der Waals surface area contributed by atoms with Gasteiger partial charge < -0.3 is 9.84 Å². The molecule has 2 aromatic rings. The summed E-state index contributed by atoms with van der Waals surface area (Å²) < 4.78 is 45.7. The molecule has 0 saturated carbocycles. The van der Waals surface area contributed by atoms with E-state index in [0.29, 0.717) is 0 Å². The van der Waals surface area contributed by atoms with Crippen LogP contribution in [0.2, 0.25) is 5.02 Å². The summed E-state index contributed by atoms with van der Waals surface area (Å²) >= 11 is 5.89. The second-order valence-electron chi connectivity index (χ2n) is 5.12. The van der Waals surface area contributed by atoms with Crippen LogP contribution in [0.3, 0.4) is 0 Å². The lowest BCUT2D eigenvalue weighted by Gasteiger charge is -2.14. The molecule has 0 amide bonds. The third kappa shape index (κ3) is 4.40. The molecule has 2 rings (SSSR count). The number of nitrogens with zero attached hydrogens (tertiary/aromatic N) is 1. The highest BCUT2D eigenvalue weighted by Gasteiger charge is 2.23. The van der Waals surface area contributed by atoms with E-state index in [1.807, 2.05) is 0 Å². The standard InChI is InChI=1S/C15H14ClFN2O6S/c1-9-12(16)7-11(8-14(9)19(21)22)26(23,24)18-13-3-2-10(17)6-15(13)25-5-4-20/h2-3,6-8,18,20H,4-5H2,1H3. The van der Waals surface area contributed by atoms with Crippen LogP contribution < -0.4 is 9.46 Å². The van der Waals surface area contributed by atoms with Crippen LogP contribution in [0.25, 0.3) is 0 Å². The number of hydrogen-bond donors (Lipinski definition) is 2. The van der Waals surface area contributed by atoms with Gasteiger partial charge in [-0.05, 0) is 25.1 Å². The van der Waals surface area contributed by atoms with Crippen molar-refractivity contribution in [1.29, 1.82) is 0 Å². The van der Waals surface area contributed by atoms with Crippen molar-refractivity contribution < 1.29 is 27.6 Å². The van der Waals surface area contributed by atoms with Gasteiger partial charge in [-0.1, -0.05) is 11.6 Å². The minimum absolute atomic E-state index is 0.0876. The van der Waals surface area contributed by atoms with Crippen LogP contribution in [0.4, 0.5) is 15.8 Å². The van der Waals surface area contributed by atoms with E-state index in [-0.39, 0.29) is 35.2 Å². The van der Waals surface area contributed by atoms with Crippen molar-refractivity contribution in [1.82, 2.24) is 0 Å². The number of anilines is 1. The first-order valence-corrected chi connectivity index (χ1v) is 9.02. The van der Waals surface area contributed by atoms with Crippen LogP contribution in [-0.4, -0.2) is 31.7 Å². The van der Waals surface area contributed by atoms with E-state index >= 15 is 0 Å². The number of ether oxygens (including phenoxy) is 1. The number of hydrogen-bond acceptors (Lipinski definition) is 6. The lowest BCUT2D eigenvalue weighted by atomic mass is 10.2. The number of nitro benzene ring substituents is 1. The van der Waals surface area contributed by atoms with Crippen molar-refractivity contribution in [3.05, 3.63) is 56.8 Å². The second kappa shape index (κ2) is 7.85. The molecule has 140 valence electrons. The smallest absolute Gasteiger partial charge is 0.275 e. The van der Waals surface area contributed by atoms with Crippen LogP contribution in [0.15, 0.2) is 35.2 Å². The molecule has 0 aromatic heterocycles. The fourth-order valence-electron chi connectivity index (χ4n) is 2.04. The summed E-state index contributed by atoms with van der Waals surface area (Å²) in [6.07, 6.45) is 0. The normalized spacial score (nSPS) is 11.2. The molecule has 0 unspecified atom stereocenters. The SMILES string of the molecule is Cc1c(Cl)cc(S(=O)(=O)Nc2ccc(F)cc2OCCO)cc1[N+](=O)[O-]. The van der Waals surface area contributed by atoms with Crippen molar-refractivity contribution in [2.24, 2.45) is 0 Å². The van der Waals surface area contributed by atoms with E-state index in [4.69, 9.17) is 21.4 Å². The number of aliphatic hydroxyl groups is 1. The summed E-state index contributed by atoms with van der Waals surface area (Å²) in [5.74, 6) is -0.815. The predicted octanol–water partition coefficient (Wildman–Crippen LogP) is 2.87. The molecule has 26 heavy (non-hydrogen) atoms. The summed E-state index contributed by atoms with van der Waals surface area (Å²) in [7, 11) is -4.27. The molecule has 0 atom stereocenters. The van der Waals surface area contributed by atoms with E-state index in [9.17, 15) is 22.9 Å². The summed E-state index contributed by atoms with van der Waals surface area (Å²) in [5.41, 5.74) is -0.419. The van der Waals surface area contributed by atoms with E-state index in [1.54, 1.807) is 0 Å². The van der Waals surface area contributed by atoms with Crippen LogP contribution in [-0.2, 0) is 10.0 Å². The molecular formula is C15H14ClFN2O6S. The third-order valence-corrected chi connectivity index (χ3v) is 5.07. The Kier molecular flexibility index (Phi) is 6.01. The quantitative estimate of drug-likeness (QED) is 0.541. The van der Waals surface area contributed by atoms with Crippen LogP contribution in [0.5, 0.6) is 5.75 Å². The van der Waals surface area contributed by atoms with Gasteiger partial charge in [-0.25, -0.2) is 12.8 Å². The average molecular weight is 405 g/mol. The maximum absolute atomic E-state index is 13.4. The van der Waals surface area contributed by atoms with Gasteiger partial charge in [0.25, 0.3) is 15.7 Å². The van der Waals surface area contributed by atoms with Crippen molar-refractivity contribution in [3.8, 4) is 5.75 Å². The van der Waals surface area contributed by atoms with Gasteiger partial charge in [0, 0.05) is 17.7 Å². The fraction of sp³-hybridized carbons (Fsp3) is 0.200. The summed E-state index contributed by atoms with van der Waals surface area (Å²) in [4.78, 5) is 9.89. The highest BCUT2D eigenvalue weighted by Crippen LogP contribution is 2.32. The zero-order valence-electron chi connectivity index (χ0n) is 13.4. The predicted molar refractivity (Wildman–Crippen MR) is 92.6 cm³/mol. The first-order chi connectivity index (χ1) is 12.2. The second-order valence-corrected chi connectivity index (χ2v) is 7.21. The third-order valence-electron chi connectivity index (χ3n) is 3.33. The Morgan fingerprint density at radius 1 is 1.35 bits per heavy atom. The Hall–Kier alpha value is -2.43. The molecule has 0 bridgehead atoms. The van der Waals surface area contributed by atoms with Gasteiger partial charge in [-0.3, -0.25) is 14.8 Å². The molecule has 11 heteroatoms. The number of benzene rings is 2. The van der Waals surface area contributed by atoms with Crippen molar-refractivity contribution in [3.63, 3.8) is 0 Å². The van der Waals surface area contributed by atoms with Gasteiger partial charge in [0.05, 0.1) is 27.1 Å². The van der Waals surface area contributed by atoms with Crippen LogP contribution in [0.1, 0.15) is 5.56 Å². The van der Waals surface area contributed by atoms with Gasteiger partial charge in [-0.15, -0.1) is 0 Å². The maximum atomic E-state index is 13.4. The van der Waals surface area contributed by atoms with Crippen molar-refractivity contribution in [2.45, 2.75) is 11.8 Å². The van der Waals surface area contributed by atoms with E-state index < -0.39 is 31.3 Å². The van der Waals surface area contributed by atoms with Crippen LogP contribution in [0, 0.1) is 22.9 Å². The van der Waals surface area contributed by atoms with Gasteiger partial charge >= 0.3 is 0 Å². The Balaban J connectivity index is 2.46. The lowest BCUT2D eigenvalue weighted by Crippen LogP contribution is -2.15. The van der Waals surface area contributed by atoms with Gasteiger partial charge in [0.2, 0.25) is 0 Å². The van der Waals surface area contributed by atoms with Gasteiger partial charge in [0.15, 0.2) is 0 Å². The van der Waals surface area contributed by atoms with Gasteiger partial charge in [-0.2, -0.15) is 0 Å². The maximum Gasteiger partial charge on any atom is 0.275 e. The first-order valence-electron chi connectivity index (χ1n) is 7.16. The highest BCUT2D eigenvalue weighted by molar-refractivity contribution is 7.92. The molecule has 0 heterocycles. The molecular weight excluding hydrogens is 391 g/mol. The summed E-state index contributed by atoms with van der Waals surface area (Å²) in [6, 6.07) is 5.03. The summed E-state index contributed by atoms with van der Waals surface area (Å²) in [6.45, 7) is 0.855. The number of halogens is 2. The molecule has 0 aliphatic rings. The van der Waals surface area contributed by atoms with Crippen molar-refractivity contribution in [2.75, 3.05) is 17.9 Å². The minimum Gasteiger partial charge on any atom is -0.489 e. The number of sulfonamides is 1. The molecule has 2 N–H and O–H groups in total. The largest absolute Gasteiger partial charge is 0.489 e. The first kappa shape index (κ1) is 19.9. The highest BCUT2D eigenvalue weighted by atomic mass is 35.5. The molecule has 0 aliphatic heterocycles. The molecule has 2 aromatic carbocycles. The van der Waals surface area contributed by atoms with Gasteiger partial charge in [0.1, 0.15) is 18.2 Å². The van der Waals surface area contributed by atoms with E-state index in [1.165, 1.54) is 6.92 Å². The Bertz CT molecular complexity index is 951. The Morgan fingerprint density at radius 2 is 2.04 bits per heavy atom. The minimum atomic E-state index is -4.27. The molecule has 0 radical (unpaired) electrons. The average Bonchev–Trinajstić information content (AvgIpc) is 2.56. The van der Waals surface area contributed by atoms with E-state index in [2.05, 4.69) is 4.72 Å². The number of nitro groups is 1. The topological polar surface area (TPSA) is 119 Å². The molecule has 0 fully saturated rings. The van der Waals surface area contributed by atoms with Crippen molar-refractivity contribution >= 4 is 33.0 Å². The Labute approximate surface area is 153 Å². The number of rotatable bonds is 7. The number of nitrogens with one attached hydrogen (secondary N) is 1. The number of aliphatic hydroxyl groups excluding tert-OH is 1. The summed E-state index contributed by atoms with van der Waals surface area (Å²) in [5, 5.41) is 19.8. The molecule has 8 nitrogen and oxygen atoms in total. The fourth-order valence-corrected chi connectivity index (χ4v) is 3.44. The monoisotopic (exact) mass is 404 g/mol. The Morgan fingerprint density at radius 3 is 2.65 bits per heavy atom. The zero-order valence-corrected chi connectivity index (χ0v) is 15.0.